The van der Waals surface area contributed by atoms with Crippen molar-refractivity contribution in [3.63, 3.8) is 0 Å². The van der Waals surface area contributed by atoms with Gasteiger partial charge in [0.15, 0.2) is 0 Å². The van der Waals surface area contributed by atoms with E-state index < -0.39 is 0 Å². The average molecular weight is 393 g/mol. The average Bonchev–Trinajstić information content (AvgIpc) is 2.52. The number of carbonyl (C=O) groups excluding carboxylic acids is 1. The molecule has 0 amide bonds. The fraction of sp³-hybridized carbons (Fsp3) is 0.111. The molecule has 0 bridgehead atoms. The molecule has 0 N–H and O–H groups in total. The molecule has 0 aliphatic carbocycles. The molecule has 0 saturated heterocycles. The topological polar surface area (TPSA) is 39.1 Å². The van der Waals surface area contributed by atoms with E-state index in [4.69, 9.17) is 11.6 Å². The summed E-state index contributed by atoms with van der Waals surface area (Å²) in [4.78, 5) is 23.7. The first kappa shape index (κ1) is 17.4. The summed E-state index contributed by atoms with van der Waals surface area (Å²) in [6, 6.07) is 7.23. The summed E-state index contributed by atoms with van der Waals surface area (Å²) in [5, 5.41) is 0.612. The maximum absolute atomic E-state index is 12.6. The Labute approximate surface area is 148 Å². The largest absolute Gasteiger partial charge is 0.314 e. The van der Waals surface area contributed by atoms with Crippen LogP contribution in [0.4, 0.5) is 0 Å². The molecule has 23 heavy (non-hydrogen) atoms. The lowest BCUT2D eigenvalue weighted by Crippen LogP contribution is -2.26. The predicted molar refractivity (Wildman–Crippen MR) is 99.9 cm³/mol. The number of benzene rings is 1. The Bertz CT molecular complexity index is 851. The van der Waals surface area contributed by atoms with Crippen LogP contribution >= 0.6 is 27.5 Å². The number of hydrogen-bond acceptors (Lipinski definition) is 2. The number of carbonyl (C=O) groups is 1. The first-order valence-corrected chi connectivity index (χ1v) is 8.02. The Balaban J connectivity index is 2.99. The lowest BCUT2D eigenvalue weighted by molar-refractivity contribution is -0.107. The monoisotopic (exact) mass is 391 g/mol. The smallest absolute Gasteiger partial charge is 0.259 e. The molecule has 0 aliphatic rings. The predicted octanol–water partition coefficient (Wildman–Crippen LogP) is 4.46. The number of aldehydes is 1. The molecule has 0 aliphatic heterocycles. The Hall–Kier alpha value is -1.91. The van der Waals surface area contributed by atoms with Crippen molar-refractivity contribution in [2.45, 2.75) is 6.42 Å². The van der Waals surface area contributed by atoms with E-state index in [1.165, 1.54) is 4.57 Å². The van der Waals surface area contributed by atoms with Crippen molar-refractivity contribution in [2.24, 2.45) is 7.05 Å². The summed E-state index contributed by atoms with van der Waals surface area (Å²) >= 11 is 9.25. The van der Waals surface area contributed by atoms with Crippen molar-refractivity contribution >= 4 is 44.4 Å². The number of hydrogen-bond donors (Lipinski definition) is 0. The van der Waals surface area contributed by atoms with Gasteiger partial charge in [-0.05, 0) is 23.3 Å². The van der Waals surface area contributed by atoms with Crippen LogP contribution in [0.25, 0.3) is 21.7 Å². The van der Waals surface area contributed by atoms with Gasteiger partial charge in [-0.15, -0.1) is 0 Å². The number of rotatable bonds is 5. The van der Waals surface area contributed by atoms with Gasteiger partial charge in [0.05, 0.1) is 5.56 Å². The Kier molecular flexibility index (Phi) is 5.39. The number of halogens is 2. The quantitative estimate of drug-likeness (QED) is 0.705. The maximum atomic E-state index is 12.6. The van der Waals surface area contributed by atoms with Crippen LogP contribution in [0, 0.1) is 0 Å². The second kappa shape index (κ2) is 7.11. The molecule has 3 nitrogen and oxygen atoms in total. The van der Waals surface area contributed by atoms with E-state index in [9.17, 15) is 9.59 Å². The van der Waals surface area contributed by atoms with Crippen LogP contribution in [0.3, 0.4) is 0 Å². The first-order valence-electron chi connectivity index (χ1n) is 6.85. The van der Waals surface area contributed by atoms with E-state index in [-0.39, 0.29) is 12.0 Å². The van der Waals surface area contributed by atoms with E-state index >= 15 is 0 Å². The third kappa shape index (κ3) is 3.23. The molecule has 5 heteroatoms. The van der Waals surface area contributed by atoms with Gasteiger partial charge in [0.2, 0.25) is 0 Å². The SMILES string of the molecule is C=Cc1c(-c2ccc(Cl)cc2)c(CC=O)n(C)c(=O)c1C(=C)Br. The number of nitrogens with zero attached hydrogens (tertiary/aromatic N) is 1. The summed E-state index contributed by atoms with van der Waals surface area (Å²) in [6.07, 6.45) is 2.52. The molecule has 0 saturated carbocycles. The van der Waals surface area contributed by atoms with Gasteiger partial charge in [0.25, 0.3) is 5.56 Å². The standard InChI is InChI=1S/C18H15BrClNO2/c1-4-14-16(11(2)19)18(23)21(3)15(9-10-22)17(14)12-5-7-13(20)8-6-12/h4-8,10H,1-2,9H2,3H3. The van der Waals surface area contributed by atoms with Gasteiger partial charge in [-0.1, -0.05) is 58.9 Å². The highest BCUT2D eigenvalue weighted by molar-refractivity contribution is 9.15. The maximum Gasteiger partial charge on any atom is 0.259 e. The van der Waals surface area contributed by atoms with Crippen molar-refractivity contribution in [1.82, 2.24) is 4.57 Å². The van der Waals surface area contributed by atoms with Crippen LogP contribution in [-0.4, -0.2) is 10.9 Å². The first-order chi connectivity index (χ1) is 10.9. The zero-order chi connectivity index (χ0) is 17.1. The van der Waals surface area contributed by atoms with Crippen molar-refractivity contribution < 1.29 is 4.79 Å². The van der Waals surface area contributed by atoms with Crippen molar-refractivity contribution in [3.8, 4) is 11.1 Å². The van der Waals surface area contributed by atoms with Crippen LogP contribution in [-0.2, 0) is 18.3 Å². The van der Waals surface area contributed by atoms with Crippen LogP contribution < -0.4 is 5.56 Å². The van der Waals surface area contributed by atoms with Gasteiger partial charge < -0.3 is 9.36 Å². The molecule has 0 fully saturated rings. The third-order valence-corrected chi connectivity index (χ3v) is 4.28. The summed E-state index contributed by atoms with van der Waals surface area (Å²) in [5.74, 6) is 0. The minimum atomic E-state index is -0.226. The Morgan fingerprint density at radius 3 is 2.43 bits per heavy atom. The highest BCUT2D eigenvalue weighted by Crippen LogP contribution is 2.33. The Morgan fingerprint density at radius 2 is 1.96 bits per heavy atom. The van der Waals surface area contributed by atoms with E-state index in [0.717, 1.165) is 17.4 Å². The van der Waals surface area contributed by atoms with E-state index in [0.29, 0.717) is 26.3 Å². The molecular formula is C18H15BrClNO2. The molecule has 118 valence electrons. The number of pyridine rings is 1. The van der Waals surface area contributed by atoms with E-state index in [2.05, 4.69) is 29.1 Å². The van der Waals surface area contributed by atoms with Gasteiger partial charge in [-0.3, -0.25) is 4.79 Å². The van der Waals surface area contributed by atoms with Crippen molar-refractivity contribution in [2.75, 3.05) is 0 Å². The fourth-order valence-corrected chi connectivity index (χ4v) is 3.09. The van der Waals surface area contributed by atoms with Crippen molar-refractivity contribution in [3.05, 3.63) is 69.6 Å². The van der Waals surface area contributed by atoms with E-state index in [1.807, 2.05) is 12.1 Å². The minimum absolute atomic E-state index is 0.125. The molecule has 1 heterocycles. The van der Waals surface area contributed by atoms with Crippen LogP contribution in [0.5, 0.6) is 0 Å². The highest BCUT2D eigenvalue weighted by atomic mass is 79.9. The molecule has 2 aromatic rings. The number of aromatic nitrogens is 1. The Morgan fingerprint density at radius 1 is 1.35 bits per heavy atom. The van der Waals surface area contributed by atoms with E-state index in [1.54, 1.807) is 25.3 Å². The normalized spacial score (nSPS) is 10.4. The summed E-state index contributed by atoms with van der Waals surface area (Å²) in [5.41, 5.74) is 3.11. The van der Waals surface area contributed by atoms with Gasteiger partial charge >= 0.3 is 0 Å². The lowest BCUT2D eigenvalue weighted by Gasteiger charge is -2.19. The van der Waals surface area contributed by atoms with Gasteiger partial charge in [0, 0.05) is 34.2 Å². The summed E-state index contributed by atoms with van der Waals surface area (Å²) in [6.45, 7) is 7.65. The molecule has 0 spiro atoms. The molecule has 2 rings (SSSR count). The van der Waals surface area contributed by atoms with Gasteiger partial charge in [-0.2, -0.15) is 0 Å². The van der Waals surface area contributed by atoms with Crippen LogP contribution in [0.2, 0.25) is 5.02 Å². The zero-order valence-electron chi connectivity index (χ0n) is 12.6. The summed E-state index contributed by atoms with van der Waals surface area (Å²) < 4.78 is 1.95. The van der Waals surface area contributed by atoms with Gasteiger partial charge in [-0.25, -0.2) is 0 Å². The second-order valence-electron chi connectivity index (χ2n) is 4.96. The molecule has 0 atom stereocenters. The second-order valence-corrected chi connectivity index (χ2v) is 6.35. The molecule has 1 aromatic heterocycles. The minimum Gasteiger partial charge on any atom is -0.314 e. The fourth-order valence-electron chi connectivity index (χ4n) is 2.58. The van der Waals surface area contributed by atoms with Crippen LogP contribution in [0.1, 0.15) is 16.8 Å². The van der Waals surface area contributed by atoms with Crippen molar-refractivity contribution in [1.29, 1.82) is 0 Å². The molecular weight excluding hydrogens is 378 g/mol. The molecule has 0 radical (unpaired) electrons. The van der Waals surface area contributed by atoms with Gasteiger partial charge in [0.1, 0.15) is 6.29 Å². The molecule has 1 aromatic carbocycles. The highest BCUT2D eigenvalue weighted by Gasteiger charge is 2.20. The molecule has 0 unspecified atom stereocenters. The van der Waals surface area contributed by atoms with Crippen LogP contribution in [0.15, 0.2) is 42.2 Å². The third-order valence-electron chi connectivity index (χ3n) is 3.64. The summed E-state index contributed by atoms with van der Waals surface area (Å²) in [7, 11) is 1.65. The zero-order valence-corrected chi connectivity index (χ0v) is 14.9. The lowest BCUT2D eigenvalue weighted by atomic mass is 9.93.